The topological polar surface area (TPSA) is 96.0 Å². The van der Waals surface area contributed by atoms with Gasteiger partial charge in [0.15, 0.2) is 0 Å². The Morgan fingerprint density at radius 3 is 2.36 bits per heavy atom. The minimum atomic E-state index is -3.89. The molecule has 2 amide bonds. The van der Waals surface area contributed by atoms with E-state index in [9.17, 15) is 18.0 Å². The quantitative estimate of drug-likeness (QED) is 0.498. The molecule has 1 unspecified atom stereocenters. The van der Waals surface area contributed by atoms with E-state index in [-0.39, 0.29) is 29.9 Å². The Bertz CT molecular complexity index is 1180. The number of anilines is 1. The molecule has 0 aliphatic heterocycles. The number of aryl methyl sites for hydroxylation is 1. The maximum absolute atomic E-state index is 13.7. The number of sulfonamides is 1. The molecule has 2 aromatic carbocycles. The predicted molar refractivity (Wildman–Crippen MR) is 142 cm³/mol. The molecule has 1 atom stereocenters. The van der Waals surface area contributed by atoms with Gasteiger partial charge in [0.25, 0.3) is 0 Å². The Morgan fingerprint density at radius 1 is 1.14 bits per heavy atom. The van der Waals surface area contributed by atoms with E-state index >= 15 is 0 Å². The highest BCUT2D eigenvalue weighted by atomic mass is 35.5. The van der Waals surface area contributed by atoms with Gasteiger partial charge in [-0.2, -0.15) is 0 Å². The lowest BCUT2D eigenvalue weighted by atomic mass is 10.1. The molecule has 10 heteroatoms. The van der Waals surface area contributed by atoms with Crippen molar-refractivity contribution in [3.63, 3.8) is 0 Å². The van der Waals surface area contributed by atoms with Crippen molar-refractivity contribution in [3.05, 3.63) is 58.6 Å². The largest absolute Gasteiger partial charge is 0.495 e. The number of nitrogens with zero attached hydrogens (tertiary/aromatic N) is 2. The highest BCUT2D eigenvalue weighted by molar-refractivity contribution is 7.92. The van der Waals surface area contributed by atoms with Crippen molar-refractivity contribution in [3.8, 4) is 5.75 Å². The van der Waals surface area contributed by atoms with Crippen molar-refractivity contribution in [2.45, 2.75) is 58.2 Å². The van der Waals surface area contributed by atoms with Crippen molar-refractivity contribution in [1.82, 2.24) is 10.2 Å². The maximum Gasteiger partial charge on any atom is 0.244 e. The van der Waals surface area contributed by atoms with Crippen LogP contribution in [0.4, 0.5) is 5.69 Å². The average Bonchev–Trinajstić information content (AvgIpc) is 3.33. The van der Waals surface area contributed by atoms with Gasteiger partial charge < -0.3 is 15.0 Å². The minimum Gasteiger partial charge on any atom is -0.495 e. The van der Waals surface area contributed by atoms with Crippen molar-refractivity contribution in [2.24, 2.45) is 0 Å². The molecular formula is C26H34ClN3O5S. The molecule has 0 aromatic heterocycles. The Labute approximate surface area is 218 Å². The molecule has 196 valence electrons. The van der Waals surface area contributed by atoms with Crippen LogP contribution in [0.3, 0.4) is 0 Å². The van der Waals surface area contributed by atoms with Gasteiger partial charge in [0.1, 0.15) is 18.3 Å². The zero-order chi connectivity index (χ0) is 26.5. The number of methoxy groups -OCH3 is 1. The fourth-order valence-corrected chi connectivity index (χ4v) is 5.33. The van der Waals surface area contributed by atoms with Crippen LogP contribution >= 0.6 is 11.6 Å². The van der Waals surface area contributed by atoms with Crippen LogP contribution in [-0.4, -0.2) is 57.1 Å². The molecule has 36 heavy (non-hydrogen) atoms. The van der Waals surface area contributed by atoms with Crippen LogP contribution in [0.2, 0.25) is 5.02 Å². The highest BCUT2D eigenvalue weighted by Gasteiger charge is 2.32. The zero-order valence-corrected chi connectivity index (χ0v) is 22.7. The van der Waals surface area contributed by atoms with E-state index in [4.69, 9.17) is 16.3 Å². The molecule has 1 aliphatic rings. The third kappa shape index (κ3) is 7.13. The number of amides is 2. The number of nitrogens with one attached hydrogen (secondary N) is 1. The lowest BCUT2D eigenvalue weighted by Gasteiger charge is -2.32. The number of halogens is 1. The minimum absolute atomic E-state index is 0.0968. The molecule has 0 bridgehead atoms. The van der Waals surface area contributed by atoms with Crippen molar-refractivity contribution >= 4 is 39.1 Å². The van der Waals surface area contributed by atoms with Crippen LogP contribution < -0.4 is 14.4 Å². The van der Waals surface area contributed by atoms with Gasteiger partial charge in [0, 0.05) is 17.6 Å². The van der Waals surface area contributed by atoms with Crippen molar-refractivity contribution < 1.29 is 22.7 Å². The van der Waals surface area contributed by atoms with Crippen LogP contribution in [0, 0.1) is 6.92 Å². The lowest BCUT2D eigenvalue weighted by Crippen LogP contribution is -2.52. The second-order valence-corrected chi connectivity index (χ2v) is 11.6. The third-order valence-electron chi connectivity index (χ3n) is 6.43. The van der Waals surface area contributed by atoms with Crippen LogP contribution in [0.15, 0.2) is 42.5 Å². The van der Waals surface area contributed by atoms with Gasteiger partial charge in [-0.3, -0.25) is 13.9 Å². The molecule has 1 aliphatic carbocycles. The molecule has 8 nitrogen and oxygen atoms in total. The summed E-state index contributed by atoms with van der Waals surface area (Å²) in [5.74, 6) is -0.513. The standard InChI is InChI=1S/C26H34ClN3O5S/c1-18-9-11-20(12-10-18)16-29(19(2)26(32)28-22-7-5-6-8-22)25(31)17-30(36(4,33)34)23-15-21(27)13-14-24(23)35-3/h9-15,19,22H,5-8,16-17H2,1-4H3,(H,28,32). The second-order valence-electron chi connectivity index (χ2n) is 9.26. The summed E-state index contributed by atoms with van der Waals surface area (Å²) in [7, 11) is -2.48. The number of hydrogen-bond acceptors (Lipinski definition) is 5. The Balaban J connectivity index is 1.92. The van der Waals surface area contributed by atoms with E-state index in [2.05, 4.69) is 5.32 Å². The van der Waals surface area contributed by atoms with Gasteiger partial charge in [-0.05, 0) is 50.5 Å². The number of rotatable bonds is 10. The van der Waals surface area contributed by atoms with Crippen LogP contribution in [0.1, 0.15) is 43.7 Å². The van der Waals surface area contributed by atoms with E-state index in [0.717, 1.165) is 47.4 Å². The molecule has 0 saturated heterocycles. The number of ether oxygens (including phenoxy) is 1. The predicted octanol–water partition coefficient (Wildman–Crippen LogP) is 3.90. The first-order chi connectivity index (χ1) is 17.0. The molecule has 0 spiro atoms. The first-order valence-electron chi connectivity index (χ1n) is 12.0. The molecule has 1 N–H and O–H groups in total. The Morgan fingerprint density at radius 2 is 1.78 bits per heavy atom. The van der Waals surface area contributed by atoms with Crippen LogP contribution in [0.25, 0.3) is 0 Å². The molecule has 0 radical (unpaired) electrons. The Kier molecular flexibility index (Phi) is 9.24. The van der Waals surface area contributed by atoms with E-state index in [1.54, 1.807) is 19.1 Å². The van der Waals surface area contributed by atoms with E-state index < -0.39 is 28.5 Å². The lowest BCUT2D eigenvalue weighted by molar-refractivity contribution is -0.139. The number of carbonyl (C=O) groups excluding carboxylic acids is 2. The second kappa shape index (κ2) is 12.0. The molecular weight excluding hydrogens is 502 g/mol. The summed E-state index contributed by atoms with van der Waals surface area (Å²) in [5.41, 5.74) is 2.06. The van der Waals surface area contributed by atoms with Gasteiger partial charge in [-0.25, -0.2) is 8.42 Å². The molecule has 3 rings (SSSR count). The zero-order valence-electron chi connectivity index (χ0n) is 21.2. The summed E-state index contributed by atoms with van der Waals surface area (Å²) < 4.78 is 31.8. The van der Waals surface area contributed by atoms with Crippen molar-refractivity contribution in [2.75, 3.05) is 24.2 Å². The number of carbonyl (C=O) groups is 2. The summed E-state index contributed by atoms with van der Waals surface area (Å²) >= 11 is 6.13. The number of hydrogen-bond donors (Lipinski definition) is 1. The molecule has 0 heterocycles. The van der Waals surface area contributed by atoms with E-state index in [0.29, 0.717) is 5.02 Å². The fraction of sp³-hybridized carbons (Fsp3) is 0.462. The maximum atomic E-state index is 13.7. The van der Waals surface area contributed by atoms with Gasteiger partial charge in [-0.1, -0.05) is 54.3 Å². The summed E-state index contributed by atoms with van der Waals surface area (Å²) in [6, 6.07) is 11.5. The van der Waals surface area contributed by atoms with Gasteiger partial charge in [-0.15, -0.1) is 0 Å². The number of benzene rings is 2. The molecule has 2 aromatic rings. The highest BCUT2D eigenvalue weighted by Crippen LogP contribution is 2.33. The van der Waals surface area contributed by atoms with Crippen LogP contribution in [-0.2, 0) is 26.2 Å². The smallest absolute Gasteiger partial charge is 0.244 e. The summed E-state index contributed by atoms with van der Waals surface area (Å²) in [6.07, 6.45) is 4.98. The van der Waals surface area contributed by atoms with Gasteiger partial charge in [0.05, 0.1) is 19.1 Å². The summed E-state index contributed by atoms with van der Waals surface area (Å²) in [6.45, 7) is 3.28. The van der Waals surface area contributed by atoms with Crippen LogP contribution in [0.5, 0.6) is 5.75 Å². The third-order valence-corrected chi connectivity index (χ3v) is 7.79. The SMILES string of the molecule is COc1ccc(Cl)cc1N(CC(=O)N(Cc1ccc(C)cc1)C(C)C(=O)NC1CCCC1)S(C)(=O)=O. The first kappa shape index (κ1) is 27.8. The van der Waals surface area contributed by atoms with E-state index in [1.807, 2.05) is 31.2 Å². The first-order valence-corrected chi connectivity index (χ1v) is 14.2. The molecule has 1 fully saturated rings. The summed E-state index contributed by atoms with van der Waals surface area (Å²) in [4.78, 5) is 28.2. The normalized spacial score (nSPS) is 14.8. The van der Waals surface area contributed by atoms with Gasteiger partial charge >= 0.3 is 0 Å². The fourth-order valence-electron chi connectivity index (χ4n) is 4.32. The monoisotopic (exact) mass is 535 g/mol. The van der Waals surface area contributed by atoms with Crippen molar-refractivity contribution in [1.29, 1.82) is 0 Å². The Hall–Kier alpha value is -2.78. The summed E-state index contributed by atoms with van der Waals surface area (Å²) in [5, 5.41) is 3.35. The van der Waals surface area contributed by atoms with E-state index in [1.165, 1.54) is 18.1 Å². The van der Waals surface area contributed by atoms with Gasteiger partial charge in [0.2, 0.25) is 21.8 Å². The average molecular weight is 536 g/mol. The molecule has 1 saturated carbocycles.